The van der Waals surface area contributed by atoms with Gasteiger partial charge < -0.3 is 63.4 Å². The Morgan fingerprint density at radius 3 is 1.17 bits per heavy atom. The molecule has 24 heteroatoms. The molecule has 3 saturated carbocycles. The summed E-state index contributed by atoms with van der Waals surface area (Å²) in [4.78, 5) is 36.7. The number of ether oxygens (including phenoxy) is 5. The summed E-state index contributed by atoms with van der Waals surface area (Å²) in [6.07, 6.45) is 13.8. The van der Waals surface area contributed by atoms with Crippen molar-refractivity contribution in [3.63, 3.8) is 0 Å². The van der Waals surface area contributed by atoms with Crippen molar-refractivity contribution in [2.24, 2.45) is 33.2 Å². The van der Waals surface area contributed by atoms with Gasteiger partial charge in [-0.25, -0.2) is 14.4 Å². The van der Waals surface area contributed by atoms with E-state index in [0.717, 1.165) is 117 Å². The first-order chi connectivity index (χ1) is 40.1. The smallest absolute Gasteiger partial charge is 0.255 e. The quantitative estimate of drug-likeness (QED) is 0.0751. The Morgan fingerprint density at radius 1 is 0.500 bits per heavy atom. The summed E-state index contributed by atoms with van der Waals surface area (Å²) in [5, 5.41) is 6.98. The molecule has 4 unspecified atom stereocenters. The Labute approximate surface area is 651 Å². The molecule has 0 saturated heterocycles. The average molecular weight is 1650 g/mol. The third-order valence-corrected chi connectivity index (χ3v) is 17.8. The Morgan fingerprint density at radius 2 is 0.822 bits per heavy atom. The van der Waals surface area contributed by atoms with Crippen LogP contribution in [0.25, 0.3) is 43.1 Å². The van der Waals surface area contributed by atoms with E-state index in [4.69, 9.17) is 23.7 Å². The van der Waals surface area contributed by atoms with Crippen LogP contribution in [-0.2, 0) is 131 Å². The van der Waals surface area contributed by atoms with Crippen LogP contribution in [0, 0.1) is 59.2 Å². The molecule has 0 bridgehead atoms. The molecule has 90 heavy (non-hydrogen) atoms. The van der Waals surface area contributed by atoms with E-state index in [1.54, 1.807) is 51.1 Å². The van der Waals surface area contributed by atoms with Crippen molar-refractivity contribution < 1.29 is 159 Å². The number of methoxy groups -OCH3 is 2. The summed E-state index contributed by atoms with van der Waals surface area (Å²) in [7, 11) is 12.7. The minimum atomic E-state index is -0.249. The number of hydrogen-bond donors (Lipinski definition) is 2. The van der Waals surface area contributed by atoms with Crippen molar-refractivity contribution in [3.8, 4) is 29.0 Å². The second kappa shape index (κ2) is 56.4. The van der Waals surface area contributed by atoms with E-state index < -0.39 is 0 Å². The number of nitrogens with zero attached hydrogens (tertiary/aromatic N) is 4. The van der Waals surface area contributed by atoms with Gasteiger partial charge in [-0.15, -0.1) is 17.9 Å². The van der Waals surface area contributed by atoms with Gasteiger partial charge in [0.2, 0.25) is 11.8 Å². The largest absolute Gasteiger partial charge is 0.493 e. The van der Waals surface area contributed by atoms with E-state index in [9.17, 15) is 14.0 Å². The first-order valence-electron chi connectivity index (χ1n) is 28.4. The second-order valence-corrected chi connectivity index (χ2v) is 27.3. The summed E-state index contributed by atoms with van der Waals surface area (Å²) in [6, 6.07) is 30.4. The summed E-state index contributed by atoms with van der Waals surface area (Å²) in [5.74, 6) is 6.33. The molecule has 0 amide bonds. The van der Waals surface area contributed by atoms with E-state index in [-0.39, 0.29) is 177 Å². The maximum atomic E-state index is 12.8. The number of aromatic amines is 2. The van der Waals surface area contributed by atoms with Gasteiger partial charge in [0.05, 0.1) is 46.1 Å². The molecule has 13 nitrogen and oxygen atoms in total. The van der Waals surface area contributed by atoms with Crippen molar-refractivity contribution in [3.05, 3.63) is 178 Å². The van der Waals surface area contributed by atoms with Gasteiger partial charge in [-0.3, -0.25) is 19.1 Å². The number of halogens is 1. The SMILES string of the molecule is CC.CC.CC.CC.CC1CC(COc2ccc3c(=O)[nH]ccc3c2)C1.COc1nccc2cc(F)ccc12.COc1nccc2cc(OCC3CC(N=PPP)C3)ccc12.O=c1[nH]ccc2cc(OCC3CC(N=PPP)C3)ccc12.[CH3-].[CH3-].[CH3-].[CH3-].[Y].[Y].[Y].[Y]. The molecular formula is C66H97FN6O7P6Y4-4. The summed E-state index contributed by atoms with van der Waals surface area (Å²) >= 11 is 0. The molecule has 2 N–H and O–H groups in total. The fourth-order valence-corrected chi connectivity index (χ4v) is 12.5. The Kier molecular flexibility index (Phi) is 61.5. The van der Waals surface area contributed by atoms with Gasteiger partial charge in [0.15, 0.2) is 0 Å². The van der Waals surface area contributed by atoms with Crippen molar-refractivity contribution >= 4 is 93.0 Å². The molecule has 0 aliphatic heterocycles. The zero-order chi connectivity index (χ0) is 59.8. The first-order valence-corrected chi connectivity index (χ1v) is 37.4. The number of aromatic nitrogens is 4. The molecular weight excluding hydrogens is 1550 g/mol. The van der Waals surface area contributed by atoms with E-state index >= 15 is 0 Å². The number of H-pyrrole nitrogens is 2. The van der Waals surface area contributed by atoms with Crippen LogP contribution in [0.5, 0.6) is 29.0 Å². The molecule has 3 fully saturated rings. The summed E-state index contributed by atoms with van der Waals surface area (Å²) in [5.41, 5.74) is -0.108. The van der Waals surface area contributed by atoms with Gasteiger partial charge >= 0.3 is 0 Å². The van der Waals surface area contributed by atoms with Crippen LogP contribution in [0.3, 0.4) is 0 Å². The van der Waals surface area contributed by atoms with E-state index in [1.807, 2.05) is 128 Å². The second-order valence-electron chi connectivity index (χ2n) is 18.5. The van der Waals surface area contributed by atoms with Gasteiger partial charge in [0, 0.05) is 193 Å². The Balaban J connectivity index is -0.000000338. The molecule has 4 radical (unpaired) electrons. The topological polar surface area (TPSA) is 162 Å². The third-order valence-electron chi connectivity index (χ3n) is 13.2. The zero-order valence-electron chi connectivity index (χ0n) is 55.8. The predicted molar refractivity (Wildman–Crippen MR) is 383 cm³/mol. The van der Waals surface area contributed by atoms with E-state index in [0.29, 0.717) is 52.4 Å². The molecule has 8 aromatic rings. The molecule has 0 spiro atoms. The molecule has 3 aliphatic rings. The molecule has 4 heterocycles. The Hall–Kier alpha value is -0.614. The molecule has 4 aromatic carbocycles. The zero-order valence-corrected chi connectivity index (χ0v) is 73.2. The minimum absolute atomic E-state index is 0. The number of pyridine rings is 4. The maximum Gasteiger partial charge on any atom is 0.255 e. The minimum Gasteiger partial charge on any atom is -0.493 e. The molecule has 4 atom stereocenters. The van der Waals surface area contributed by atoms with Crippen LogP contribution in [0.4, 0.5) is 4.39 Å². The van der Waals surface area contributed by atoms with Crippen molar-refractivity contribution in [2.45, 2.75) is 113 Å². The van der Waals surface area contributed by atoms with E-state index in [2.05, 4.69) is 54.2 Å². The predicted octanol–water partition coefficient (Wildman–Crippen LogP) is 20.3. The van der Waals surface area contributed by atoms with Crippen LogP contribution < -0.4 is 34.8 Å². The van der Waals surface area contributed by atoms with Crippen LogP contribution in [0.15, 0.2) is 141 Å². The van der Waals surface area contributed by atoms with Crippen LogP contribution in [-0.4, -0.2) is 66.1 Å². The summed E-state index contributed by atoms with van der Waals surface area (Å²) in [6.45, 7) is 20.6. The van der Waals surface area contributed by atoms with Gasteiger partial charge in [0.1, 0.15) is 23.1 Å². The average Bonchev–Trinajstić information content (AvgIpc) is 3.67. The van der Waals surface area contributed by atoms with Gasteiger partial charge in [-0.1, -0.05) is 62.3 Å². The molecule has 486 valence electrons. The normalized spacial score (nSPS) is 16.7. The van der Waals surface area contributed by atoms with Crippen LogP contribution in [0.2, 0.25) is 0 Å². The first kappa shape index (κ1) is 98.1. The van der Waals surface area contributed by atoms with Gasteiger partial charge in [0.25, 0.3) is 11.1 Å². The van der Waals surface area contributed by atoms with Gasteiger partial charge in [-0.2, -0.15) is 0 Å². The monoisotopic (exact) mass is 1650 g/mol. The van der Waals surface area contributed by atoms with Crippen LogP contribution >= 0.6 is 49.9 Å². The number of nitrogens with one attached hydrogen (secondary N) is 2. The van der Waals surface area contributed by atoms with E-state index in [1.165, 1.54) is 41.1 Å². The van der Waals surface area contributed by atoms with Crippen LogP contribution in [0.1, 0.15) is 101 Å². The molecule has 11 rings (SSSR count). The molecule has 4 aromatic heterocycles. The third kappa shape index (κ3) is 32.2. The number of benzene rings is 4. The Bertz CT molecular complexity index is 3340. The fourth-order valence-electron chi connectivity index (χ4n) is 9.12. The van der Waals surface area contributed by atoms with Crippen molar-refractivity contribution in [1.29, 1.82) is 0 Å². The van der Waals surface area contributed by atoms with Crippen molar-refractivity contribution in [2.75, 3.05) is 34.0 Å². The van der Waals surface area contributed by atoms with Crippen molar-refractivity contribution in [1.82, 2.24) is 19.9 Å². The molecule has 3 aliphatic carbocycles. The standard InChI is InChI=1S/C15H19N2O2P3.C15H17NO2.C14H17N2O2P3.C10H8FNO.4C2H6.4CH3.4Y/c1-18-15-14-3-2-13(8-11(14)4-5-16-15)19-9-10-6-12(7-10)17-21-22-20;1-10-6-11(7-10)9-18-13-2-3-14-12(8-13)4-5-16-15(14)17;17-14-13-2-1-12(7-10(13)3-4-15-14)18-8-9-5-11(6-9)16-20-21-19;1-13-10-9-3-2-8(11)6-7(9)4-5-12-10;4*1-2;;;;;;;;/h2-5,8,10,12,22H,6-7,9,20H2,1H3;2-5,8,10-11H,6-7,9H2,1H3,(H,16,17);1-4,7,9,11,21H,5-6,8,19H2,(H,15,17);2-6H,1H3;4*1-2H3;4*1H3;;;;/q;;;;;;;;4*-1;;;;. The fraction of sp³-hybridized carbons (Fsp3) is 0.394. The number of fused-ring (bicyclic) bond motifs is 4. The maximum absolute atomic E-state index is 12.8. The summed E-state index contributed by atoms with van der Waals surface area (Å²) < 4.78 is 49.9. The van der Waals surface area contributed by atoms with Gasteiger partial charge in [-0.05, 0) is 197 Å². The number of rotatable bonds is 15. The number of hydrogen-bond acceptors (Lipinski definition) is 11.